The van der Waals surface area contributed by atoms with Gasteiger partial charge in [-0.2, -0.15) is 4.68 Å². The van der Waals surface area contributed by atoms with E-state index < -0.39 is 0 Å². The Labute approximate surface area is 141 Å². The lowest BCUT2D eigenvalue weighted by molar-refractivity contribution is -0.122. The molecular formula is C16H23N7O. The van der Waals surface area contributed by atoms with Crippen LogP contribution in [0.2, 0.25) is 0 Å². The lowest BCUT2D eigenvalue weighted by Gasteiger charge is -2.18. The number of carbonyl (C=O) groups is 1. The number of amides is 1. The summed E-state index contributed by atoms with van der Waals surface area (Å²) < 4.78 is 1.59. The van der Waals surface area contributed by atoms with Crippen LogP contribution >= 0.6 is 0 Å². The average Bonchev–Trinajstić information content (AvgIpc) is 3.30. The van der Waals surface area contributed by atoms with E-state index in [1.807, 2.05) is 37.3 Å². The Morgan fingerprint density at radius 2 is 2.25 bits per heavy atom. The Kier molecular flexibility index (Phi) is 5.37. The highest BCUT2D eigenvalue weighted by Gasteiger charge is 2.21. The van der Waals surface area contributed by atoms with Crippen LogP contribution in [0.15, 0.2) is 30.3 Å². The van der Waals surface area contributed by atoms with Crippen LogP contribution in [0.4, 0.5) is 5.95 Å². The lowest BCUT2D eigenvalue weighted by atomic mass is 10.2. The number of hydrogen-bond donors (Lipinski definition) is 3. The van der Waals surface area contributed by atoms with Gasteiger partial charge in [0.25, 0.3) is 0 Å². The minimum Gasteiger partial charge on any atom is -0.353 e. The van der Waals surface area contributed by atoms with E-state index >= 15 is 0 Å². The summed E-state index contributed by atoms with van der Waals surface area (Å²) >= 11 is 0. The van der Waals surface area contributed by atoms with Crippen LogP contribution in [0.1, 0.15) is 26.2 Å². The third-order valence-electron chi connectivity index (χ3n) is 4.18. The second-order valence-corrected chi connectivity index (χ2v) is 5.89. The zero-order valence-electron chi connectivity index (χ0n) is 13.8. The minimum absolute atomic E-state index is 0.0335. The van der Waals surface area contributed by atoms with Gasteiger partial charge in [0, 0.05) is 12.6 Å². The molecule has 2 atom stereocenters. The van der Waals surface area contributed by atoms with Crippen LogP contribution in [0.3, 0.4) is 0 Å². The molecular weight excluding hydrogens is 306 g/mol. The highest BCUT2D eigenvalue weighted by atomic mass is 16.2. The van der Waals surface area contributed by atoms with Gasteiger partial charge in [-0.3, -0.25) is 4.79 Å². The Morgan fingerprint density at radius 1 is 1.42 bits per heavy atom. The lowest BCUT2D eigenvalue weighted by Crippen LogP contribution is -2.44. The third kappa shape index (κ3) is 3.88. The summed E-state index contributed by atoms with van der Waals surface area (Å²) in [7, 11) is 0. The molecule has 3 rings (SSSR count). The fraction of sp³-hybridized carbons (Fsp3) is 0.500. The van der Waals surface area contributed by atoms with Crippen LogP contribution in [0, 0.1) is 0 Å². The summed E-state index contributed by atoms with van der Waals surface area (Å²) in [5, 5.41) is 21.2. The van der Waals surface area contributed by atoms with Crippen molar-refractivity contribution in [2.24, 2.45) is 0 Å². The number of anilines is 1. The number of nitrogens with one attached hydrogen (secondary N) is 3. The molecule has 128 valence electrons. The maximum atomic E-state index is 12.4. The van der Waals surface area contributed by atoms with Crippen LogP contribution in [0.5, 0.6) is 0 Å². The number of carbonyl (C=O) groups excluding carboxylic acids is 1. The first-order chi connectivity index (χ1) is 11.8. The predicted molar refractivity (Wildman–Crippen MR) is 90.9 cm³/mol. The Hall–Kier alpha value is -2.48. The van der Waals surface area contributed by atoms with Gasteiger partial charge in [0.15, 0.2) is 0 Å². The number of para-hydroxylation sites is 1. The van der Waals surface area contributed by atoms with Crippen LogP contribution < -0.4 is 16.0 Å². The standard InChI is InChI=1S/C16H23N7O/c1-2-14(15(24)18-11-12-7-6-10-17-12)19-16-20-21-22-23(16)13-8-4-3-5-9-13/h3-5,8-9,12,14,17H,2,6-7,10-11H2,1H3,(H,18,24)(H,19,20,22). The zero-order valence-corrected chi connectivity index (χ0v) is 13.8. The SMILES string of the molecule is CCC(Nc1nnnn1-c1ccccc1)C(=O)NCC1CCCN1. The van der Waals surface area contributed by atoms with E-state index in [0.717, 1.165) is 18.7 Å². The topological polar surface area (TPSA) is 96.8 Å². The molecule has 1 fully saturated rings. The Bertz CT molecular complexity index is 651. The molecule has 1 aromatic carbocycles. The van der Waals surface area contributed by atoms with Gasteiger partial charge in [0.2, 0.25) is 11.9 Å². The summed E-state index contributed by atoms with van der Waals surface area (Å²) in [5.74, 6) is 0.427. The highest BCUT2D eigenvalue weighted by molar-refractivity contribution is 5.84. The number of hydrogen-bond acceptors (Lipinski definition) is 6. The Morgan fingerprint density at radius 3 is 2.96 bits per heavy atom. The molecule has 8 nitrogen and oxygen atoms in total. The molecule has 0 saturated carbocycles. The summed E-state index contributed by atoms with van der Waals surface area (Å²) in [6.07, 6.45) is 2.92. The van der Waals surface area contributed by atoms with Crippen molar-refractivity contribution in [2.45, 2.75) is 38.3 Å². The van der Waals surface area contributed by atoms with Crippen LogP contribution in [-0.4, -0.2) is 51.3 Å². The van der Waals surface area contributed by atoms with Gasteiger partial charge in [-0.05, 0) is 48.4 Å². The molecule has 0 radical (unpaired) electrons. The summed E-state index contributed by atoms with van der Waals surface area (Å²) in [5.41, 5.74) is 0.843. The summed E-state index contributed by atoms with van der Waals surface area (Å²) in [4.78, 5) is 12.4. The van der Waals surface area contributed by atoms with E-state index in [1.54, 1.807) is 4.68 Å². The number of rotatable bonds is 7. The quantitative estimate of drug-likeness (QED) is 0.693. The molecule has 1 saturated heterocycles. The van der Waals surface area contributed by atoms with Crippen molar-refractivity contribution in [1.29, 1.82) is 0 Å². The van der Waals surface area contributed by atoms with Crippen LogP contribution in [0.25, 0.3) is 5.69 Å². The second kappa shape index (κ2) is 7.87. The van der Waals surface area contributed by atoms with E-state index in [1.165, 1.54) is 6.42 Å². The average molecular weight is 329 g/mol. The molecule has 3 N–H and O–H groups in total. The molecule has 1 amide bonds. The maximum absolute atomic E-state index is 12.4. The van der Waals surface area contributed by atoms with Crippen molar-refractivity contribution >= 4 is 11.9 Å². The van der Waals surface area contributed by atoms with Gasteiger partial charge in [-0.1, -0.05) is 30.2 Å². The third-order valence-corrected chi connectivity index (χ3v) is 4.18. The van der Waals surface area contributed by atoms with Gasteiger partial charge in [-0.25, -0.2) is 0 Å². The molecule has 0 spiro atoms. The van der Waals surface area contributed by atoms with E-state index in [2.05, 4.69) is 31.5 Å². The maximum Gasteiger partial charge on any atom is 0.248 e. The fourth-order valence-electron chi connectivity index (χ4n) is 2.81. The molecule has 2 aromatic rings. The van der Waals surface area contributed by atoms with Gasteiger partial charge in [0.1, 0.15) is 6.04 Å². The van der Waals surface area contributed by atoms with Gasteiger partial charge in [0.05, 0.1) is 5.69 Å². The van der Waals surface area contributed by atoms with E-state index in [-0.39, 0.29) is 11.9 Å². The zero-order chi connectivity index (χ0) is 16.8. The van der Waals surface area contributed by atoms with Crippen molar-refractivity contribution in [1.82, 2.24) is 30.8 Å². The molecule has 1 aromatic heterocycles. The van der Waals surface area contributed by atoms with E-state index in [4.69, 9.17) is 0 Å². The van der Waals surface area contributed by atoms with Crippen molar-refractivity contribution in [3.63, 3.8) is 0 Å². The second-order valence-electron chi connectivity index (χ2n) is 5.89. The van der Waals surface area contributed by atoms with Crippen molar-refractivity contribution in [3.05, 3.63) is 30.3 Å². The van der Waals surface area contributed by atoms with Gasteiger partial charge >= 0.3 is 0 Å². The molecule has 1 aliphatic heterocycles. The largest absolute Gasteiger partial charge is 0.353 e. The normalized spacial score (nSPS) is 18.3. The molecule has 1 aliphatic rings. The molecule has 8 heteroatoms. The molecule has 0 bridgehead atoms. The molecule has 2 heterocycles. The predicted octanol–water partition coefficient (Wildman–Crippen LogP) is 0.721. The molecule has 2 unspecified atom stereocenters. The summed E-state index contributed by atoms with van der Waals surface area (Å²) in [6.45, 7) is 3.64. The van der Waals surface area contributed by atoms with E-state index in [0.29, 0.717) is 25.0 Å². The highest BCUT2D eigenvalue weighted by Crippen LogP contribution is 2.12. The smallest absolute Gasteiger partial charge is 0.248 e. The first-order valence-corrected chi connectivity index (χ1v) is 8.39. The van der Waals surface area contributed by atoms with Gasteiger partial charge < -0.3 is 16.0 Å². The molecule has 0 aliphatic carbocycles. The fourth-order valence-corrected chi connectivity index (χ4v) is 2.81. The first-order valence-electron chi connectivity index (χ1n) is 8.39. The number of nitrogens with zero attached hydrogens (tertiary/aromatic N) is 4. The number of tetrazole rings is 1. The van der Waals surface area contributed by atoms with Crippen molar-refractivity contribution in [3.8, 4) is 5.69 Å². The van der Waals surface area contributed by atoms with Gasteiger partial charge in [-0.15, -0.1) is 0 Å². The van der Waals surface area contributed by atoms with Crippen LogP contribution in [-0.2, 0) is 4.79 Å². The number of aromatic nitrogens is 4. The molecule has 24 heavy (non-hydrogen) atoms. The Balaban J connectivity index is 1.63. The van der Waals surface area contributed by atoms with E-state index in [9.17, 15) is 4.79 Å². The summed E-state index contributed by atoms with van der Waals surface area (Å²) in [6, 6.07) is 9.59. The van der Waals surface area contributed by atoms with Crippen molar-refractivity contribution in [2.75, 3.05) is 18.4 Å². The minimum atomic E-state index is -0.375. The monoisotopic (exact) mass is 329 g/mol. The number of benzene rings is 1. The first kappa shape index (κ1) is 16.4. The van der Waals surface area contributed by atoms with Crippen molar-refractivity contribution < 1.29 is 4.79 Å².